The van der Waals surface area contributed by atoms with Gasteiger partial charge in [0.25, 0.3) is 0 Å². The van der Waals surface area contributed by atoms with Gasteiger partial charge in [-0.1, -0.05) is 76.6 Å². The maximum atomic E-state index is 12.7. The number of para-hydroxylation sites is 1. The van der Waals surface area contributed by atoms with E-state index in [-0.39, 0.29) is 31.3 Å². The molecule has 190 valence electrons. The summed E-state index contributed by atoms with van der Waals surface area (Å²) in [5.74, 6) is -0.293. The molecule has 1 aliphatic rings. The van der Waals surface area contributed by atoms with Gasteiger partial charge in [-0.3, -0.25) is 14.4 Å². The number of hydrogen-bond donors (Lipinski definition) is 0. The van der Waals surface area contributed by atoms with E-state index in [0.29, 0.717) is 17.0 Å². The number of carbonyl (C=O) groups excluding carboxylic acids is 3. The molecule has 1 saturated heterocycles. The van der Waals surface area contributed by atoms with Crippen LogP contribution in [0, 0.1) is 5.92 Å². The summed E-state index contributed by atoms with van der Waals surface area (Å²) in [6.45, 7) is -0.164. The quantitative estimate of drug-likeness (QED) is 0.174. The van der Waals surface area contributed by atoms with Crippen LogP contribution in [0.15, 0.2) is 108 Å². The topological polar surface area (TPSA) is 72.9 Å². The monoisotopic (exact) mass is 569 g/mol. The summed E-state index contributed by atoms with van der Waals surface area (Å²) in [6.07, 6.45) is 0.0357. The number of anilines is 1. The van der Waals surface area contributed by atoms with E-state index in [0.717, 1.165) is 21.3 Å². The highest BCUT2D eigenvalue weighted by atomic mass is 79.9. The molecule has 0 saturated carbocycles. The van der Waals surface area contributed by atoms with E-state index in [1.54, 1.807) is 53.4 Å². The molecule has 4 aromatic rings. The van der Waals surface area contributed by atoms with E-state index in [2.05, 4.69) is 15.9 Å². The Bertz CT molecular complexity index is 1450. The van der Waals surface area contributed by atoms with Gasteiger partial charge in [-0.2, -0.15) is 0 Å². The van der Waals surface area contributed by atoms with Crippen LogP contribution in [-0.4, -0.2) is 30.8 Å². The number of nitrogens with zero attached hydrogens (tertiary/aromatic N) is 1. The molecular weight excluding hydrogens is 546 g/mol. The molecule has 1 heterocycles. The van der Waals surface area contributed by atoms with Gasteiger partial charge < -0.3 is 14.4 Å². The fourth-order valence-corrected chi connectivity index (χ4v) is 4.59. The van der Waals surface area contributed by atoms with E-state index in [1.807, 2.05) is 54.6 Å². The van der Waals surface area contributed by atoms with Crippen molar-refractivity contribution in [3.63, 3.8) is 0 Å². The maximum absolute atomic E-state index is 12.7. The summed E-state index contributed by atoms with van der Waals surface area (Å²) in [5.41, 5.74) is 3.16. The van der Waals surface area contributed by atoms with Crippen LogP contribution in [0.1, 0.15) is 16.8 Å². The Morgan fingerprint density at radius 3 is 2.26 bits per heavy atom. The Morgan fingerprint density at radius 2 is 1.53 bits per heavy atom. The van der Waals surface area contributed by atoms with Crippen LogP contribution in [-0.2, 0) is 14.3 Å². The molecule has 0 radical (unpaired) electrons. The fraction of sp³-hybridized carbons (Fsp3) is 0.129. The lowest BCUT2D eigenvalue weighted by Gasteiger charge is -2.17. The number of halogens is 1. The van der Waals surface area contributed by atoms with Gasteiger partial charge in [0.15, 0.2) is 12.4 Å². The molecule has 1 aliphatic heterocycles. The van der Waals surface area contributed by atoms with Crippen molar-refractivity contribution in [2.24, 2.45) is 5.92 Å². The molecule has 1 fully saturated rings. The second-order valence-corrected chi connectivity index (χ2v) is 9.82. The Kier molecular flexibility index (Phi) is 7.65. The van der Waals surface area contributed by atoms with Crippen molar-refractivity contribution in [3.8, 4) is 22.6 Å². The molecule has 1 amide bonds. The number of Topliss-reactive ketones (excluding diaryl/α,β-unsaturated/α-hetero) is 1. The Balaban J connectivity index is 1.20. The van der Waals surface area contributed by atoms with Gasteiger partial charge in [0.05, 0.1) is 5.92 Å². The van der Waals surface area contributed by atoms with Crippen molar-refractivity contribution in [2.45, 2.75) is 6.42 Å². The number of carbonyl (C=O) groups is 3. The number of benzene rings is 4. The predicted octanol–water partition coefficient (Wildman–Crippen LogP) is 6.69. The summed E-state index contributed by atoms with van der Waals surface area (Å²) in [6, 6.07) is 31.8. The smallest absolute Gasteiger partial charge is 0.311 e. The lowest BCUT2D eigenvalue weighted by atomic mass is 10.0. The second-order valence-electron chi connectivity index (χ2n) is 8.90. The summed E-state index contributed by atoms with van der Waals surface area (Å²) >= 11 is 3.32. The first-order chi connectivity index (χ1) is 18.5. The Hall–Kier alpha value is -4.23. The van der Waals surface area contributed by atoms with Crippen molar-refractivity contribution < 1.29 is 23.9 Å². The summed E-state index contributed by atoms with van der Waals surface area (Å²) in [7, 11) is 0. The molecule has 0 bridgehead atoms. The largest absolute Gasteiger partial charge is 0.457 e. The van der Waals surface area contributed by atoms with Crippen LogP contribution in [0.3, 0.4) is 0 Å². The van der Waals surface area contributed by atoms with E-state index in [1.165, 1.54) is 0 Å². The summed E-state index contributed by atoms with van der Waals surface area (Å²) < 4.78 is 12.2. The number of rotatable bonds is 8. The molecule has 1 atom stereocenters. The van der Waals surface area contributed by atoms with Crippen molar-refractivity contribution in [1.82, 2.24) is 0 Å². The third-order valence-electron chi connectivity index (χ3n) is 6.32. The standard InChI is InChI=1S/C31H24BrNO5/c32-24-12-10-22(11-13-24)28(34)20-37-31(36)23-18-30(35)33(19-23)25-14-16-26(17-15-25)38-29-9-5-4-8-27(29)21-6-2-1-3-7-21/h1-17,23H,18-20H2/t23-/m0/s1. The SMILES string of the molecule is O=C(COC(=O)[C@H]1CC(=O)N(c2ccc(Oc3ccccc3-c3ccccc3)cc2)C1)c1ccc(Br)cc1. The molecular formula is C31H24BrNO5. The molecule has 5 rings (SSSR count). The minimum atomic E-state index is -0.631. The minimum absolute atomic E-state index is 0.0357. The van der Waals surface area contributed by atoms with Gasteiger partial charge in [-0.15, -0.1) is 0 Å². The first kappa shape index (κ1) is 25.4. The number of esters is 1. The third kappa shape index (κ3) is 5.84. The first-order valence-corrected chi connectivity index (χ1v) is 13.0. The zero-order valence-electron chi connectivity index (χ0n) is 20.4. The lowest BCUT2D eigenvalue weighted by Crippen LogP contribution is -2.27. The molecule has 0 unspecified atom stereocenters. The van der Waals surface area contributed by atoms with Gasteiger partial charge in [-0.05, 0) is 48.0 Å². The van der Waals surface area contributed by atoms with E-state index in [9.17, 15) is 14.4 Å². The van der Waals surface area contributed by atoms with Crippen LogP contribution in [0.25, 0.3) is 11.1 Å². The van der Waals surface area contributed by atoms with Crippen LogP contribution in [0.2, 0.25) is 0 Å². The first-order valence-electron chi connectivity index (χ1n) is 12.2. The highest BCUT2D eigenvalue weighted by Gasteiger charge is 2.36. The average Bonchev–Trinajstić information content (AvgIpc) is 3.34. The fourth-order valence-electron chi connectivity index (χ4n) is 4.32. The maximum Gasteiger partial charge on any atom is 0.311 e. The van der Waals surface area contributed by atoms with Gasteiger partial charge in [0.1, 0.15) is 11.5 Å². The molecule has 0 N–H and O–H groups in total. The Labute approximate surface area is 228 Å². The average molecular weight is 570 g/mol. The van der Waals surface area contributed by atoms with Crippen LogP contribution >= 0.6 is 15.9 Å². The highest BCUT2D eigenvalue weighted by molar-refractivity contribution is 9.10. The molecule has 38 heavy (non-hydrogen) atoms. The van der Waals surface area contributed by atoms with E-state index >= 15 is 0 Å². The van der Waals surface area contributed by atoms with E-state index in [4.69, 9.17) is 9.47 Å². The van der Waals surface area contributed by atoms with Gasteiger partial charge in [0.2, 0.25) is 5.91 Å². The number of ether oxygens (including phenoxy) is 2. The molecule has 6 nitrogen and oxygen atoms in total. The normalized spacial score (nSPS) is 14.8. The lowest BCUT2D eigenvalue weighted by molar-refractivity contribution is -0.147. The highest BCUT2D eigenvalue weighted by Crippen LogP contribution is 2.34. The van der Waals surface area contributed by atoms with Crippen molar-refractivity contribution in [1.29, 1.82) is 0 Å². The van der Waals surface area contributed by atoms with Gasteiger partial charge in [0, 0.05) is 34.3 Å². The minimum Gasteiger partial charge on any atom is -0.457 e. The number of amides is 1. The number of ketones is 1. The molecule has 0 aliphatic carbocycles. The van der Waals surface area contributed by atoms with E-state index < -0.39 is 11.9 Å². The summed E-state index contributed by atoms with van der Waals surface area (Å²) in [4.78, 5) is 39.1. The van der Waals surface area contributed by atoms with Crippen molar-refractivity contribution >= 4 is 39.3 Å². The number of hydrogen-bond acceptors (Lipinski definition) is 5. The van der Waals surface area contributed by atoms with Crippen molar-refractivity contribution in [3.05, 3.63) is 113 Å². The molecule has 4 aromatic carbocycles. The van der Waals surface area contributed by atoms with Crippen LogP contribution in [0.4, 0.5) is 5.69 Å². The second kappa shape index (κ2) is 11.4. The van der Waals surface area contributed by atoms with Crippen LogP contribution < -0.4 is 9.64 Å². The van der Waals surface area contributed by atoms with Crippen LogP contribution in [0.5, 0.6) is 11.5 Å². The third-order valence-corrected chi connectivity index (χ3v) is 6.85. The van der Waals surface area contributed by atoms with Gasteiger partial charge in [-0.25, -0.2) is 0 Å². The molecule has 0 aromatic heterocycles. The zero-order valence-corrected chi connectivity index (χ0v) is 22.0. The molecule has 0 spiro atoms. The van der Waals surface area contributed by atoms with Gasteiger partial charge >= 0.3 is 5.97 Å². The molecule has 7 heteroatoms. The Morgan fingerprint density at radius 1 is 0.842 bits per heavy atom. The zero-order chi connectivity index (χ0) is 26.5. The predicted molar refractivity (Wildman–Crippen MR) is 148 cm³/mol. The summed E-state index contributed by atoms with van der Waals surface area (Å²) in [5, 5.41) is 0. The van der Waals surface area contributed by atoms with Crippen molar-refractivity contribution in [2.75, 3.05) is 18.1 Å².